The molecule has 3 nitrogen and oxygen atoms in total. The van der Waals surface area contributed by atoms with Crippen LogP contribution in [-0.2, 0) is 17.8 Å². The zero-order valence-electron chi connectivity index (χ0n) is 12.0. The maximum atomic E-state index is 12.0. The number of benzene rings is 2. The van der Waals surface area contributed by atoms with Crippen LogP contribution in [0.4, 0.5) is 0 Å². The lowest BCUT2D eigenvalue weighted by molar-refractivity contribution is -0.120. The quantitative estimate of drug-likeness (QED) is 0.781. The van der Waals surface area contributed by atoms with Gasteiger partial charge in [-0.3, -0.25) is 4.79 Å². The number of carbonyl (C=O) groups excluding carboxylic acids is 1. The van der Waals surface area contributed by atoms with Crippen LogP contribution in [-0.4, -0.2) is 10.9 Å². The molecule has 0 fully saturated rings. The van der Waals surface area contributed by atoms with Crippen molar-refractivity contribution in [2.75, 3.05) is 0 Å². The molecule has 0 aliphatic rings. The molecule has 0 spiro atoms. The fraction of sp³-hybridized carbons (Fsp3) is 0.111. The van der Waals surface area contributed by atoms with Gasteiger partial charge in [-0.1, -0.05) is 48.5 Å². The van der Waals surface area contributed by atoms with E-state index in [4.69, 9.17) is 0 Å². The van der Waals surface area contributed by atoms with Gasteiger partial charge in [-0.2, -0.15) is 0 Å². The summed E-state index contributed by atoms with van der Waals surface area (Å²) in [7, 11) is 0. The molecule has 0 aliphatic heterocycles. The molecule has 0 unspecified atom stereocenters. The minimum atomic E-state index is 0.0332. The van der Waals surface area contributed by atoms with Crippen molar-refractivity contribution in [3.63, 3.8) is 0 Å². The second-order valence-corrected chi connectivity index (χ2v) is 5.87. The summed E-state index contributed by atoms with van der Waals surface area (Å²) in [5.41, 5.74) is 3.19. The van der Waals surface area contributed by atoms with Crippen molar-refractivity contribution in [3.05, 3.63) is 77.3 Å². The summed E-state index contributed by atoms with van der Waals surface area (Å²) in [6.07, 6.45) is 2.21. The Morgan fingerprint density at radius 2 is 1.86 bits per heavy atom. The monoisotopic (exact) mass is 308 g/mol. The highest BCUT2D eigenvalue weighted by molar-refractivity contribution is 7.13. The average molecular weight is 308 g/mol. The Morgan fingerprint density at radius 1 is 1.05 bits per heavy atom. The van der Waals surface area contributed by atoms with Crippen LogP contribution in [0, 0.1) is 0 Å². The molecule has 3 aromatic rings. The molecule has 4 heteroatoms. The molecular formula is C18H16N2OS. The number of aromatic nitrogens is 1. The van der Waals surface area contributed by atoms with E-state index >= 15 is 0 Å². The van der Waals surface area contributed by atoms with Gasteiger partial charge in [0.15, 0.2) is 0 Å². The Bertz CT molecular complexity index is 739. The van der Waals surface area contributed by atoms with Gasteiger partial charge in [-0.15, -0.1) is 11.3 Å². The predicted octanol–water partition coefficient (Wildman–Crippen LogP) is 3.67. The zero-order valence-corrected chi connectivity index (χ0v) is 12.8. The van der Waals surface area contributed by atoms with Crippen LogP contribution in [0.15, 0.2) is 66.2 Å². The van der Waals surface area contributed by atoms with Gasteiger partial charge in [-0.25, -0.2) is 4.98 Å². The molecule has 1 N–H and O–H groups in total. The Labute approximate surface area is 133 Å². The highest BCUT2D eigenvalue weighted by atomic mass is 32.1. The van der Waals surface area contributed by atoms with E-state index in [2.05, 4.69) is 16.4 Å². The van der Waals surface area contributed by atoms with Gasteiger partial charge in [0.05, 0.1) is 6.42 Å². The van der Waals surface area contributed by atoms with E-state index in [0.717, 1.165) is 21.7 Å². The number of carbonyl (C=O) groups is 1. The van der Waals surface area contributed by atoms with E-state index in [-0.39, 0.29) is 5.91 Å². The van der Waals surface area contributed by atoms with Crippen LogP contribution in [0.2, 0.25) is 0 Å². The van der Waals surface area contributed by atoms with Gasteiger partial charge in [-0.05, 0) is 17.2 Å². The second-order valence-electron chi connectivity index (χ2n) is 4.98. The van der Waals surface area contributed by atoms with Crippen molar-refractivity contribution >= 4 is 17.2 Å². The number of nitrogens with zero attached hydrogens (tertiary/aromatic N) is 1. The highest BCUT2D eigenvalue weighted by Crippen LogP contribution is 2.22. The number of amides is 1. The standard InChI is InChI=1S/C18H16N2OS/c21-17(12-14-5-2-1-3-6-14)20-13-15-7-4-8-16(11-15)18-19-9-10-22-18/h1-11H,12-13H2,(H,20,21). The minimum Gasteiger partial charge on any atom is -0.352 e. The molecule has 110 valence electrons. The molecule has 0 atom stereocenters. The fourth-order valence-electron chi connectivity index (χ4n) is 2.22. The third kappa shape index (κ3) is 3.80. The molecule has 1 heterocycles. The van der Waals surface area contributed by atoms with Gasteiger partial charge >= 0.3 is 0 Å². The normalized spacial score (nSPS) is 10.4. The van der Waals surface area contributed by atoms with Gasteiger partial charge in [0, 0.05) is 23.7 Å². The molecule has 0 saturated heterocycles. The number of thiazole rings is 1. The molecule has 22 heavy (non-hydrogen) atoms. The van der Waals surface area contributed by atoms with Crippen molar-refractivity contribution in [2.24, 2.45) is 0 Å². The fourth-order valence-corrected chi connectivity index (χ4v) is 2.86. The van der Waals surface area contributed by atoms with Crippen LogP contribution in [0.5, 0.6) is 0 Å². The van der Waals surface area contributed by atoms with Crippen molar-refractivity contribution in [3.8, 4) is 10.6 Å². The Morgan fingerprint density at radius 3 is 2.64 bits per heavy atom. The van der Waals surface area contributed by atoms with E-state index in [0.29, 0.717) is 13.0 Å². The first-order chi connectivity index (χ1) is 10.8. The number of hydrogen-bond acceptors (Lipinski definition) is 3. The number of nitrogens with one attached hydrogen (secondary N) is 1. The third-order valence-electron chi connectivity index (χ3n) is 3.30. The summed E-state index contributed by atoms with van der Waals surface area (Å²) < 4.78 is 0. The maximum Gasteiger partial charge on any atom is 0.224 e. The summed E-state index contributed by atoms with van der Waals surface area (Å²) >= 11 is 1.61. The van der Waals surface area contributed by atoms with Crippen LogP contribution in [0.25, 0.3) is 10.6 Å². The molecule has 0 radical (unpaired) electrons. The SMILES string of the molecule is O=C(Cc1ccccc1)NCc1cccc(-c2nccs2)c1. The first-order valence-corrected chi connectivity index (χ1v) is 7.99. The van der Waals surface area contributed by atoms with E-state index in [1.54, 1.807) is 17.5 Å². The average Bonchev–Trinajstić information content (AvgIpc) is 3.09. The van der Waals surface area contributed by atoms with E-state index in [1.807, 2.05) is 53.9 Å². The molecule has 0 bridgehead atoms. The first kappa shape index (κ1) is 14.5. The largest absolute Gasteiger partial charge is 0.352 e. The lowest BCUT2D eigenvalue weighted by Crippen LogP contribution is -2.24. The van der Waals surface area contributed by atoms with Gasteiger partial charge in [0.25, 0.3) is 0 Å². The topological polar surface area (TPSA) is 42.0 Å². The van der Waals surface area contributed by atoms with Gasteiger partial charge < -0.3 is 5.32 Å². The molecule has 1 aromatic heterocycles. The Balaban J connectivity index is 1.60. The molecular weight excluding hydrogens is 292 g/mol. The molecule has 3 rings (SSSR count). The molecule has 2 aromatic carbocycles. The van der Waals surface area contributed by atoms with Crippen molar-refractivity contribution < 1.29 is 4.79 Å². The summed E-state index contributed by atoms with van der Waals surface area (Å²) in [5.74, 6) is 0.0332. The summed E-state index contributed by atoms with van der Waals surface area (Å²) in [4.78, 5) is 16.3. The van der Waals surface area contributed by atoms with Crippen molar-refractivity contribution in [1.82, 2.24) is 10.3 Å². The minimum absolute atomic E-state index is 0.0332. The van der Waals surface area contributed by atoms with Gasteiger partial charge in [0.2, 0.25) is 5.91 Å². The predicted molar refractivity (Wildman–Crippen MR) is 89.5 cm³/mol. The second kappa shape index (κ2) is 7.00. The maximum absolute atomic E-state index is 12.0. The van der Waals surface area contributed by atoms with Crippen molar-refractivity contribution in [1.29, 1.82) is 0 Å². The zero-order chi connectivity index (χ0) is 15.2. The van der Waals surface area contributed by atoms with Crippen LogP contribution < -0.4 is 5.32 Å². The Kier molecular flexibility index (Phi) is 4.61. The summed E-state index contributed by atoms with van der Waals surface area (Å²) in [5, 5.41) is 5.92. The smallest absolute Gasteiger partial charge is 0.224 e. The lowest BCUT2D eigenvalue weighted by Gasteiger charge is -2.07. The van der Waals surface area contributed by atoms with Crippen LogP contribution in [0.3, 0.4) is 0 Å². The lowest BCUT2D eigenvalue weighted by atomic mass is 10.1. The van der Waals surface area contributed by atoms with E-state index in [1.165, 1.54) is 0 Å². The first-order valence-electron chi connectivity index (χ1n) is 7.11. The van der Waals surface area contributed by atoms with E-state index in [9.17, 15) is 4.79 Å². The summed E-state index contributed by atoms with van der Waals surface area (Å²) in [6.45, 7) is 0.533. The van der Waals surface area contributed by atoms with Crippen molar-refractivity contribution in [2.45, 2.75) is 13.0 Å². The summed E-state index contributed by atoms with van der Waals surface area (Å²) in [6, 6.07) is 17.9. The number of hydrogen-bond donors (Lipinski definition) is 1. The molecule has 0 aliphatic carbocycles. The molecule has 0 saturated carbocycles. The third-order valence-corrected chi connectivity index (χ3v) is 4.13. The molecule has 1 amide bonds. The Hall–Kier alpha value is -2.46. The van der Waals surface area contributed by atoms with Gasteiger partial charge in [0.1, 0.15) is 5.01 Å². The van der Waals surface area contributed by atoms with Crippen LogP contribution >= 0.6 is 11.3 Å². The van der Waals surface area contributed by atoms with E-state index < -0.39 is 0 Å². The highest BCUT2D eigenvalue weighted by Gasteiger charge is 2.05. The van der Waals surface area contributed by atoms with Crippen LogP contribution in [0.1, 0.15) is 11.1 Å². The number of rotatable bonds is 5.